The van der Waals surface area contributed by atoms with Crippen LogP contribution < -0.4 is 5.32 Å². The minimum absolute atomic E-state index is 0.611. The second kappa shape index (κ2) is 5.92. The van der Waals surface area contributed by atoms with Crippen molar-refractivity contribution in [3.05, 3.63) is 41.2 Å². The molecule has 0 aliphatic heterocycles. The molecule has 3 rings (SSSR count). The Morgan fingerprint density at radius 3 is 2.86 bits per heavy atom. The van der Waals surface area contributed by atoms with Gasteiger partial charge in [0.15, 0.2) is 0 Å². The van der Waals surface area contributed by atoms with E-state index in [2.05, 4.69) is 60.0 Å². The van der Waals surface area contributed by atoms with Gasteiger partial charge in [-0.2, -0.15) is 0 Å². The summed E-state index contributed by atoms with van der Waals surface area (Å²) in [7, 11) is 0. The first kappa shape index (κ1) is 14.2. The maximum absolute atomic E-state index is 4.66. The Kier molecular flexibility index (Phi) is 4.00. The summed E-state index contributed by atoms with van der Waals surface area (Å²) in [6, 6.07) is 6.69. The third kappa shape index (κ3) is 2.97. The monoisotopic (exact) mass is 283 g/mol. The average Bonchev–Trinajstić information content (AvgIpc) is 2.85. The first-order chi connectivity index (χ1) is 10.1. The first-order valence-electron chi connectivity index (χ1n) is 8.06. The summed E-state index contributed by atoms with van der Waals surface area (Å²) >= 11 is 0. The van der Waals surface area contributed by atoms with Crippen molar-refractivity contribution in [2.75, 3.05) is 11.9 Å². The highest BCUT2D eigenvalue weighted by Gasteiger charge is 2.16. The molecule has 1 heterocycles. The topological polar surface area (TPSA) is 29.9 Å². The van der Waals surface area contributed by atoms with Gasteiger partial charge in [-0.3, -0.25) is 4.57 Å². The summed E-state index contributed by atoms with van der Waals surface area (Å²) < 4.78 is 2.24. The number of hydrogen-bond acceptors (Lipinski definition) is 2. The van der Waals surface area contributed by atoms with E-state index in [1.54, 1.807) is 0 Å². The Labute approximate surface area is 127 Å². The Balaban J connectivity index is 2.00. The smallest absolute Gasteiger partial charge is 0.207 e. The van der Waals surface area contributed by atoms with Crippen molar-refractivity contribution in [2.24, 2.45) is 5.92 Å². The lowest BCUT2D eigenvalue weighted by atomic mass is 9.90. The van der Waals surface area contributed by atoms with Crippen LogP contribution in [-0.4, -0.2) is 16.1 Å². The summed E-state index contributed by atoms with van der Waals surface area (Å²) in [6.07, 6.45) is 7.16. The predicted octanol–water partition coefficient (Wildman–Crippen LogP) is 4.13. The normalized spacial score (nSPS) is 14.3. The molecule has 0 fully saturated rings. The van der Waals surface area contributed by atoms with Crippen molar-refractivity contribution in [3.8, 4) is 5.69 Å². The van der Waals surface area contributed by atoms with E-state index in [4.69, 9.17) is 0 Å². The van der Waals surface area contributed by atoms with E-state index in [0.29, 0.717) is 5.92 Å². The van der Waals surface area contributed by atoms with E-state index >= 15 is 0 Å². The summed E-state index contributed by atoms with van der Waals surface area (Å²) in [5.74, 6) is 1.58. The van der Waals surface area contributed by atoms with Gasteiger partial charge in [-0.1, -0.05) is 26.0 Å². The number of benzene rings is 1. The van der Waals surface area contributed by atoms with Crippen LogP contribution in [-0.2, 0) is 12.8 Å². The lowest BCUT2D eigenvalue weighted by molar-refractivity contribution is 0.676. The van der Waals surface area contributed by atoms with E-state index < -0.39 is 0 Å². The Bertz CT molecular complexity index is 625. The van der Waals surface area contributed by atoms with Crippen molar-refractivity contribution in [3.63, 3.8) is 0 Å². The number of nitrogens with zero attached hydrogens (tertiary/aromatic N) is 2. The second-order valence-corrected chi connectivity index (χ2v) is 6.47. The molecule has 3 nitrogen and oxygen atoms in total. The summed E-state index contributed by atoms with van der Waals surface area (Å²) in [6.45, 7) is 7.45. The number of hydrogen-bond donors (Lipinski definition) is 1. The van der Waals surface area contributed by atoms with E-state index in [1.165, 1.54) is 42.5 Å². The Morgan fingerprint density at radius 2 is 2.05 bits per heavy atom. The molecule has 21 heavy (non-hydrogen) atoms. The predicted molar refractivity (Wildman–Crippen MR) is 88.3 cm³/mol. The maximum Gasteiger partial charge on any atom is 0.207 e. The molecule has 2 aromatic rings. The van der Waals surface area contributed by atoms with Crippen LogP contribution in [0, 0.1) is 12.8 Å². The van der Waals surface area contributed by atoms with Gasteiger partial charge >= 0.3 is 0 Å². The van der Waals surface area contributed by atoms with Crippen LogP contribution in [0.1, 0.15) is 43.5 Å². The second-order valence-electron chi connectivity index (χ2n) is 6.47. The maximum atomic E-state index is 4.66. The number of aryl methyl sites for hydroxylation is 2. The fraction of sp³-hybridized carbons (Fsp3) is 0.500. The number of aromatic nitrogens is 2. The lowest BCUT2D eigenvalue weighted by Crippen LogP contribution is -2.14. The SMILES string of the molecule is Cc1cn(-c2cccc3c2CCCC3)c(NCC(C)C)n1. The van der Waals surface area contributed by atoms with Gasteiger partial charge in [0.1, 0.15) is 0 Å². The van der Waals surface area contributed by atoms with Crippen LogP contribution >= 0.6 is 0 Å². The first-order valence-corrected chi connectivity index (χ1v) is 8.06. The van der Waals surface area contributed by atoms with Gasteiger partial charge in [0.05, 0.1) is 11.4 Å². The Morgan fingerprint density at radius 1 is 1.24 bits per heavy atom. The molecule has 0 unspecified atom stereocenters. The molecule has 1 N–H and O–H groups in total. The number of anilines is 1. The zero-order chi connectivity index (χ0) is 14.8. The number of fused-ring (bicyclic) bond motifs is 1. The van der Waals surface area contributed by atoms with Gasteiger partial charge in [0.25, 0.3) is 0 Å². The van der Waals surface area contributed by atoms with Crippen LogP contribution in [0.25, 0.3) is 5.69 Å². The standard InChI is InChI=1S/C18H25N3/c1-13(2)11-19-18-20-14(3)12-21(18)17-10-6-8-15-7-4-5-9-16(15)17/h6,8,10,12-13H,4-5,7,9,11H2,1-3H3,(H,19,20). The summed E-state index contributed by atoms with van der Waals surface area (Å²) in [5.41, 5.74) is 5.39. The van der Waals surface area contributed by atoms with Gasteiger partial charge in [0.2, 0.25) is 5.95 Å². The molecule has 112 valence electrons. The molecule has 0 amide bonds. The van der Waals surface area contributed by atoms with Crippen molar-refractivity contribution in [2.45, 2.75) is 46.5 Å². The van der Waals surface area contributed by atoms with Crippen LogP contribution in [0.15, 0.2) is 24.4 Å². The van der Waals surface area contributed by atoms with E-state index in [1.807, 2.05) is 0 Å². The molecule has 0 bridgehead atoms. The third-order valence-corrected chi connectivity index (χ3v) is 4.13. The molecule has 3 heteroatoms. The average molecular weight is 283 g/mol. The molecule has 1 aromatic carbocycles. The highest BCUT2D eigenvalue weighted by atomic mass is 15.2. The molecule has 0 atom stereocenters. The van der Waals surface area contributed by atoms with Crippen LogP contribution in [0.2, 0.25) is 0 Å². The lowest BCUT2D eigenvalue weighted by Gasteiger charge is -2.21. The van der Waals surface area contributed by atoms with E-state index in [0.717, 1.165) is 18.2 Å². The van der Waals surface area contributed by atoms with Crippen LogP contribution in [0.3, 0.4) is 0 Å². The molecule has 0 radical (unpaired) electrons. The van der Waals surface area contributed by atoms with Gasteiger partial charge < -0.3 is 5.32 Å². The van der Waals surface area contributed by atoms with Gasteiger partial charge in [0, 0.05) is 12.7 Å². The molecular weight excluding hydrogens is 258 g/mol. The van der Waals surface area contributed by atoms with Gasteiger partial charge in [-0.25, -0.2) is 4.98 Å². The Hall–Kier alpha value is -1.77. The third-order valence-electron chi connectivity index (χ3n) is 4.13. The van der Waals surface area contributed by atoms with Crippen molar-refractivity contribution >= 4 is 5.95 Å². The molecule has 0 saturated heterocycles. The highest BCUT2D eigenvalue weighted by molar-refractivity contribution is 5.52. The van der Waals surface area contributed by atoms with E-state index in [9.17, 15) is 0 Å². The molecule has 0 spiro atoms. The molecular formula is C18H25N3. The van der Waals surface area contributed by atoms with E-state index in [-0.39, 0.29) is 0 Å². The quantitative estimate of drug-likeness (QED) is 0.914. The number of rotatable bonds is 4. The van der Waals surface area contributed by atoms with Crippen LogP contribution in [0.5, 0.6) is 0 Å². The zero-order valence-corrected chi connectivity index (χ0v) is 13.3. The number of imidazole rings is 1. The summed E-state index contributed by atoms with van der Waals surface area (Å²) in [4.78, 5) is 4.66. The molecule has 1 aromatic heterocycles. The molecule has 1 aliphatic carbocycles. The van der Waals surface area contributed by atoms with Crippen molar-refractivity contribution in [1.82, 2.24) is 9.55 Å². The van der Waals surface area contributed by atoms with Gasteiger partial charge in [-0.05, 0) is 55.7 Å². The minimum Gasteiger partial charge on any atom is -0.355 e. The molecule has 0 saturated carbocycles. The van der Waals surface area contributed by atoms with Crippen molar-refractivity contribution < 1.29 is 0 Å². The molecule has 1 aliphatic rings. The fourth-order valence-corrected chi connectivity index (χ4v) is 3.09. The minimum atomic E-state index is 0.611. The number of nitrogens with one attached hydrogen (secondary N) is 1. The fourth-order valence-electron chi connectivity index (χ4n) is 3.09. The van der Waals surface area contributed by atoms with Crippen molar-refractivity contribution in [1.29, 1.82) is 0 Å². The summed E-state index contributed by atoms with van der Waals surface area (Å²) in [5, 5.41) is 3.49. The zero-order valence-electron chi connectivity index (χ0n) is 13.3. The largest absolute Gasteiger partial charge is 0.355 e. The highest BCUT2D eigenvalue weighted by Crippen LogP contribution is 2.29. The van der Waals surface area contributed by atoms with Crippen LogP contribution in [0.4, 0.5) is 5.95 Å². The van der Waals surface area contributed by atoms with Gasteiger partial charge in [-0.15, -0.1) is 0 Å².